The number of nitrogens with zero attached hydrogens (tertiary/aromatic N) is 1. The van der Waals surface area contributed by atoms with Gasteiger partial charge in [-0.25, -0.2) is 4.79 Å². The molecular weight excluding hydrogens is 780 g/mol. The van der Waals surface area contributed by atoms with E-state index >= 15 is 0 Å². The van der Waals surface area contributed by atoms with Crippen LogP contribution < -0.4 is 49.1 Å². The molecule has 0 aliphatic heterocycles. The van der Waals surface area contributed by atoms with Gasteiger partial charge in [-0.05, 0) is 38.2 Å². The summed E-state index contributed by atoms with van der Waals surface area (Å²) < 4.78 is 0. The largest absolute Gasteiger partial charge is 0.481 e. The molecule has 0 fully saturated rings. The second-order valence-corrected chi connectivity index (χ2v) is 13.9. The maximum atomic E-state index is 14.1. The number of nitrogens with two attached hydrogens (primary N) is 3. The van der Waals surface area contributed by atoms with E-state index in [1.54, 1.807) is 44.2 Å². The molecule has 0 radical (unpaired) electrons. The first-order chi connectivity index (χ1) is 27.6. The fourth-order valence-electron chi connectivity index (χ4n) is 5.36. The van der Waals surface area contributed by atoms with Crippen LogP contribution in [0.4, 0.5) is 0 Å². The summed E-state index contributed by atoms with van der Waals surface area (Å²) in [6, 6.07) is -2.74. The number of benzene rings is 1. The first-order valence-electron chi connectivity index (χ1n) is 18.7. The van der Waals surface area contributed by atoms with Crippen molar-refractivity contribution in [3.63, 3.8) is 0 Å². The van der Waals surface area contributed by atoms with Gasteiger partial charge >= 0.3 is 11.9 Å². The number of carbonyl (C=O) groups excluding carboxylic acids is 6. The zero-order valence-corrected chi connectivity index (χ0v) is 33.3. The highest BCUT2D eigenvalue weighted by Gasteiger charge is 2.36. The van der Waals surface area contributed by atoms with Crippen LogP contribution in [0.3, 0.4) is 0 Å². The molecule has 0 saturated carbocycles. The van der Waals surface area contributed by atoms with E-state index in [0.717, 1.165) is 6.92 Å². The third kappa shape index (κ3) is 18.1. The summed E-state index contributed by atoms with van der Waals surface area (Å²) >= 11 is 0. The molecule has 6 amide bonds. The zero-order chi connectivity index (χ0) is 45.0. The first kappa shape index (κ1) is 51.1. The Hall–Kier alpha value is -5.91. The molecule has 17 N–H and O–H groups in total. The van der Waals surface area contributed by atoms with Crippen molar-refractivity contribution in [2.75, 3.05) is 13.2 Å². The number of aliphatic carboxylic acids is 2. The Morgan fingerprint density at radius 1 is 0.678 bits per heavy atom. The van der Waals surface area contributed by atoms with Crippen LogP contribution in [-0.2, 0) is 44.8 Å². The summed E-state index contributed by atoms with van der Waals surface area (Å²) in [5.74, 6) is -10.2. The zero-order valence-electron chi connectivity index (χ0n) is 33.3. The van der Waals surface area contributed by atoms with Crippen LogP contribution >= 0.6 is 0 Å². The molecule has 1 aromatic carbocycles. The summed E-state index contributed by atoms with van der Waals surface area (Å²) in [6.07, 6.45) is -4.01. The average Bonchev–Trinajstić information content (AvgIpc) is 3.17. The van der Waals surface area contributed by atoms with Gasteiger partial charge in [-0.1, -0.05) is 50.6 Å². The van der Waals surface area contributed by atoms with Gasteiger partial charge in [0, 0.05) is 13.0 Å². The Labute approximate surface area is 340 Å². The molecular formula is C36H58N10O13. The van der Waals surface area contributed by atoms with E-state index in [4.69, 9.17) is 17.2 Å². The molecule has 0 aliphatic carbocycles. The van der Waals surface area contributed by atoms with E-state index in [0.29, 0.717) is 5.56 Å². The molecule has 0 heterocycles. The number of aliphatic imine (C=N–C) groups is 1. The van der Waals surface area contributed by atoms with Crippen molar-refractivity contribution in [2.24, 2.45) is 28.1 Å². The fourth-order valence-corrected chi connectivity index (χ4v) is 5.36. The van der Waals surface area contributed by atoms with Gasteiger partial charge in [-0.3, -0.25) is 38.6 Å². The first-order valence-corrected chi connectivity index (χ1v) is 18.7. The van der Waals surface area contributed by atoms with E-state index < -0.39 is 121 Å². The van der Waals surface area contributed by atoms with E-state index in [2.05, 4.69) is 31.6 Å². The van der Waals surface area contributed by atoms with Gasteiger partial charge in [0.15, 0.2) is 12.0 Å². The lowest BCUT2D eigenvalue weighted by atomic mass is 9.96. The monoisotopic (exact) mass is 838 g/mol. The highest BCUT2D eigenvalue weighted by atomic mass is 16.4. The number of amides is 6. The summed E-state index contributed by atoms with van der Waals surface area (Å²) in [5, 5.41) is 62.2. The number of carboxylic acid groups (broad SMARTS) is 2. The second-order valence-electron chi connectivity index (χ2n) is 13.9. The number of aliphatic hydroxyl groups is 3. The van der Waals surface area contributed by atoms with E-state index in [1.807, 2.05) is 5.32 Å². The number of rotatable bonds is 26. The number of aliphatic hydroxyl groups excluding tert-OH is 3. The maximum absolute atomic E-state index is 14.1. The Balaban J connectivity index is 3.54. The highest BCUT2D eigenvalue weighted by molar-refractivity contribution is 5.98. The number of guanidine groups is 1. The fraction of sp³-hybridized carbons (Fsp3) is 0.583. The molecule has 23 nitrogen and oxygen atoms in total. The standard InChI is InChI=1S/C36H58N10O13/c1-5-17(2)26(33(56)43-24(15-25(50)51)32(55)46-28(19(4)49)35(58)59)44-31(54)23(14-20-10-7-6-8-11-20)42-30(53)22(12-9-13-40-36(38)39)41-34(57)27(18(3)48)45-29(52)21(37)16-47/h6-8,10-11,17-19,21-24,26-28,47-49H,5,9,12-16,37H2,1-4H3,(H,41,57)(H,42,53)(H,43,56)(H,44,54)(H,45,52)(H,46,55)(H,50,51)(H,58,59)(H4,38,39,40)/t17-,18+,19+,21-,22-,23-,24-,26-,27-,28-/m0/s1. The quantitative estimate of drug-likeness (QED) is 0.0236. The smallest absolute Gasteiger partial charge is 0.328 e. The van der Waals surface area contributed by atoms with Crippen molar-refractivity contribution in [3.05, 3.63) is 35.9 Å². The topological polar surface area (TPSA) is 400 Å². The lowest BCUT2D eigenvalue weighted by Crippen LogP contribution is -2.62. The highest BCUT2D eigenvalue weighted by Crippen LogP contribution is 2.12. The van der Waals surface area contributed by atoms with E-state index in [1.165, 1.54) is 6.92 Å². The van der Waals surface area contributed by atoms with Crippen LogP contribution in [0.5, 0.6) is 0 Å². The van der Waals surface area contributed by atoms with Crippen LogP contribution in [0.1, 0.15) is 58.9 Å². The van der Waals surface area contributed by atoms with Gasteiger partial charge in [0.1, 0.15) is 36.3 Å². The number of carboxylic acids is 2. The van der Waals surface area contributed by atoms with Gasteiger partial charge in [0.25, 0.3) is 0 Å². The normalized spacial score (nSPS) is 16.1. The van der Waals surface area contributed by atoms with Gasteiger partial charge in [-0.15, -0.1) is 0 Å². The number of hydrogen-bond donors (Lipinski definition) is 14. The van der Waals surface area contributed by atoms with E-state index in [9.17, 15) is 63.9 Å². The van der Waals surface area contributed by atoms with Crippen molar-refractivity contribution in [1.82, 2.24) is 31.9 Å². The van der Waals surface area contributed by atoms with Crippen molar-refractivity contribution in [2.45, 2.75) is 114 Å². The van der Waals surface area contributed by atoms with Gasteiger partial charge < -0.3 is 74.6 Å². The Kier molecular flexibility index (Phi) is 22.0. The summed E-state index contributed by atoms with van der Waals surface area (Å²) in [7, 11) is 0. The molecule has 0 aromatic heterocycles. The molecule has 10 atom stereocenters. The molecule has 330 valence electrons. The van der Waals surface area contributed by atoms with Crippen LogP contribution in [0.15, 0.2) is 35.3 Å². The Bertz CT molecular complexity index is 1630. The molecule has 59 heavy (non-hydrogen) atoms. The van der Waals surface area contributed by atoms with Crippen molar-refractivity contribution in [3.8, 4) is 0 Å². The predicted octanol–water partition coefficient (Wildman–Crippen LogP) is -5.12. The summed E-state index contributed by atoms with van der Waals surface area (Å²) in [5.41, 5.74) is 16.9. The Morgan fingerprint density at radius 2 is 1.17 bits per heavy atom. The minimum Gasteiger partial charge on any atom is -0.481 e. The number of hydrogen-bond acceptors (Lipinski definition) is 13. The Morgan fingerprint density at radius 3 is 1.68 bits per heavy atom. The van der Waals surface area contributed by atoms with Crippen molar-refractivity contribution < 1.29 is 63.9 Å². The van der Waals surface area contributed by atoms with Gasteiger partial charge in [0.05, 0.1) is 25.2 Å². The van der Waals surface area contributed by atoms with Crippen molar-refractivity contribution in [1.29, 1.82) is 0 Å². The van der Waals surface area contributed by atoms with Crippen molar-refractivity contribution >= 4 is 53.3 Å². The molecule has 0 aliphatic rings. The average molecular weight is 839 g/mol. The third-order valence-corrected chi connectivity index (χ3v) is 8.94. The molecule has 0 spiro atoms. The summed E-state index contributed by atoms with van der Waals surface area (Å²) in [4.78, 5) is 108. The second kappa shape index (κ2) is 25.5. The predicted molar refractivity (Wildman–Crippen MR) is 209 cm³/mol. The van der Waals surface area contributed by atoms with Crippen LogP contribution in [0.25, 0.3) is 0 Å². The lowest BCUT2D eigenvalue weighted by molar-refractivity contribution is -0.146. The molecule has 1 aromatic rings. The minimum absolute atomic E-state index is 0.0143. The lowest BCUT2D eigenvalue weighted by Gasteiger charge is -2.29. The third-order valence-electron chi connectivity index (χ3n) is 8.94. The number of carbonyl (C=O) groups is 8. The SMILES string of the molecule is CC[C@H](C)[C@H](NC(=O)[C@H](Cc1ccccc1)NC(=O)[C@H](CCCN=C(N)N)NC(=O)[C@@H](NC(=O)[C@@H](N)CO)[C@@H](C)O)C(=O)N[C@@H](CC(=O)O)C(=O)N[C@H](C(=O)O)[C@@H](C)O. The van der Waals surface area contributed by atoms with Gasteiger partial charge in [-0.2, -0.15) is 0 Å². The molecule has 0 bridgehead atoms. The van der Waals surface area contributed by atoms with Crippen LogP contribution in [-0.4, -0.2) is 147 Å². The van der Waals surface area contributed by atoms with Crippen LogP contribution in [0.2, 0.25) is 0 Å². The molecule has 23 heteroatoms. The molecule has 0 saturated heterocycles. The minimum atomic E-state index is -1.85. The van der Waals surface area contributed by atoms with Crippen LogP contribution in [0, 0.1) is 5.92 Å². The van der Waals surface area contributed by atoms with E-state index in [-0.39, 0.29) is 38.2 Å². The molecule has 1 rings (SSSR count). The summed E-state index contributed by atoms with van der Waals surface area (Å²) in [6.45, 7) is 4.76. The van der Waals surface area contributed by atoms with Gasteiger partial charge in [0.2, 0.25) is 35.4 Å². The maximum Gasteiger partial charge on any atom is 0.328 e. The number of nitrogens with one attached hydrogen (secondary N) is 6. The molecule has 0 unspecified atom stereocenters.